The third kappa shape index (κ3) is 4.00. The molecule has 4 aromatic heterocycles. The Morgan fingerprint density at radius 2 is 1.89 bits per heavy atom. The lowest BCUT2D eigenvalue weighted by Gasteiger charge is -2.05. The van der Waals surface area contributed by atoms with E-state index in [9.17, 15) is 4.79 Å². The van der Waals surface area contributed by atoms with Crippen molar-refractivity contribution in [2.24, 2.45) is 0 Å². The molecule has 0 saturated carbocycles. The lowest BCUT2D eigenvalue weighted by atomic mass is 10.1. The van der Waals surface area contributed by atoms with Crippen molar-refractivity contribution < 1.29 is 4.74 Å². The number of hydrogen-bond acceptors (Lipinski definition) is 7. The average Bonchev–Trinajstić information content (AvgIpc) is 3.60. The highest BCUT2D eigenvalue weighted by Crippen LogP contribution is 2.32. The van der Waals surface area contributed by atoms with E-state index in [0.717, 1.165) is 38.3 Å². The molecule has 36 heavy (non-hydrogen) atoms. The number of ether oxygens (including phenoxy) is 1. The first kappa shape index (κ1) is 22.3. The van der Waals surface area contributed by atoms with E-state index in [2.05, 4.69) is 31.0 Å². The second-order valence-electron chi connectivity index (χ2n) is 7.85. The Bertz CT molecular complexity index is 1810. The molecule has 2 aromatic carbocycles. The lowest BCUT2D eigenvalue weighted by Crippen LogP contribution is -2.23. The molecule has 10 heteroatoms. The molecular formula is C26H17BrN6O2S. The largest absolute Gasteiger partial charge is 0.496 e. The van der Waals surface area contributed by atoms with Crippen molar-refractivity contribution in [1.82, 2.24) is 29.4 Å². The number of pyridine rings is 1. The number of rotatable bonds is 5. The number of nitrogens with zero attached hydrogens (tertiary/aromatic N) is 6. The summed E-state index contributed by atoms with van der Waals surface area (Å²) in [5.41, 5.74) is 3.86. The highest BCUT2D eigenvalue weighted by molar-refractivity contribution is 9.10. The number of aromatic nitrogens is 6. The summed E-state index contributed by atoms with van der Waals surface area (Å²) in [4.78, 5) is 22.4. The number of para-hydroxylation sites is 1. The second-order valence-corrected chi connectivity index (χ2v) is 9.71. The summed E-state index contributed by atoms with van der Waals surface area (Å²) < 4.78 is 9.85. The van der Waals surface area contributed by atoms with E-state index in [-0.39, 0.29) is 5.56 Å². The molecule has 8 nitrogen and oxygen atoms in total. The molecule has 0 amide bonds. The Balaban J connectivity index is 1.50. The van der Waals surface area contributed by atoms with Crippen molar-refractivity contribution in [3.63, 3.8) is 0 Å². The van der Waals surface area contributed by atoms with E-state index in [4.69, 9.17) is 9.84 Å². The summed E-state index contributed by atoms with van der Waals surface area (Å²) in [5, 5.41) is 9.26. The SMILES string of the molecule is COc1ccc(-c2nn(-c3ccccc3)cc2/C=c2\sc3nc(-c4cccnc4)nn3c2=O)cc1Br. The quantitative estimate of drug-likeness (QED) is 0.313. The summed E-state index contributed by atoms with van der Waals surface area (Å²) in [5.74, 6) is 1.20. The van der Waals surface area contributed by atoms with E-state index in [0.29, 0.717) is 15.3 Å². The minimum atomic E-state index is -0.230. The van der Waals surface area contributed by atoms with Crippen molar-refractivity contribution in [3.05, 3.63) is 104 Å². The molecule has 0 aliphatic rings. The summed E-state index contributed by atoms with van der Waals surface area (Å²) in [7, 11) is 1.62. The van der Waals surface area contributed by atoms with Crippen LogP contribution in [0.3, 0.4) is 0 Å². The molecular weight excluding hydrogens is 540 g/mol. The van der Waals surface area contributed by atoms with Crippen LogP contribution in [0.25, 0.3) is 39.4 Å². The van der Waals surface area contributed by atoms with Crippen LogP contribution in [-0.4, -0.2) is 36.5 Å². The normalized spacial score (nSPS) is 11.9. The summed E-state index contributed by atoms with van der Waals surface area (Å²) >= 11 is 4.85. The van der Waals surface area contributed by atoms with E-state index in [1.165, 1.54) is 15.9 Å². The molecule has 0 N–H and O–H groups in total. The van der Waals surface area contributed by atoms with Crippen molar-refractivity contribution in [2.75, 3.05) is 7.11 Å². The third-order valence-electron chi connectivity index (χ3n) is 5.58. The zero-order chi connectivity index (χ0) is 24.6. The molecule has 0 bridgehead atoms. The first-order chi connectivity index (χ1) is 17.6. The molecule has 6 rings (SSSR count). The third-order valence-corrected chi connectivity index (χ3v) is 7.16. The fourth-order valence-electron chi connectivity index (χ4n) is 3.84. The van der Waals surface area contributed by atoms with Gasteiger partial charge in [0.25, 0.3) is 5.56 Å². The van der Waals surface area contributed by atoms with Crippen LogP contribution >= 0.6 is 27.3 Å². The maximum atomic E-state index is 13.2. The maximum absolute atomic E-state index is 13.2. The molecule has 0 aliphatic heterocycles. The molecule has 0 radical (unpaired) electrons. The maximum Gasteiger partial charge on any atom is 0.291 e. The second kappa shape index (κ2) is 9.14. The van der Waals surface area contributed by atoms with Gasteiger partial charge in [-0.25, -0.2) is 4.68 Å². The molecule has 0 fully saturated rings. The van der Waals surface area contributed by atoms with Crippen molar-refractivity contribution in [1.29, 1.82) is 0 Å². The van der Waals surface area contributed by atoms with Gasteiger partial charge in [-0.1, -0.05) is 29.5 Å². The van der Waals surface area contributed by atoms with Crippen molar-refractivity contribution >= 4 is 38.3 Å². The molecule has 0 atom stereocenters. The van der Waals surface area contributed by atoms with Gasteiger partial charge < -0.3 is 4.74 Å². The Morgan fingerprint density at radius 1 is 1.03 bits per heavy atom. The summed E-state index contributed by atoms with van der Waals surface area (Å²) in [6, 6.07) is 19.3. The summed E-state index contributed by atoms with van der Waals surface area (Å²) in [6.07, 6.45) is 7.11. The van der Waals surface area contributed by atoms with Crippen LogP contribution in [-0.2, 0) is 0 Å². The van der Waals surface area contributed by atoms with Gasteiger partial charge in [-0.2, -0.15) is 14.6 Å². The standard InChI is InChI=1S/C26H17BrN6O2S/c1-35-21-10-9-16(12-20(21)27)23-18(15-32(30-23)19-7-3-2-4-8-19)13-22-25(34)33-26(36-22)29-24(31-33)17-6-5-11-28-14-17/h2-15H,1H3/b22-13-. The van der Waals surface area contributed by atoms with Gasteiger partial charge in [-0.05, 0) is 64.5 Å². The monoisotopic (exact) mass is 556 g/mol. The topological polar surface area (TPSA) is 87.2 Å². The van der Waals surface area contributed by atoms with Gasteiger partial charge in [0, 0.05) is 35.3 Å². The van der Waals surface area contributed by atoms with Crippen LogP contribution in [0.5, 0.6) is 5.75 Å². The van der Waals surface area contributed by atoms with E-state index in [1.807, 2.05) is 72.9 Å². The van der Waals surface area contributed by atoms with Crippen LogP contribution < -0.4 is 14.8 Å². The number of thiazole rings is 1. The number of methoxy groups -OCH3 is 1. The van der Waals surface area contributed by atoms with Crippen LogP contribution in [0.4, 0.5) is 0 Å². The Hall–Kier alpha value is -4.15. The molecule has 176 valence electrons. The minimum absolute atomic E-state index is 0.230. The fourth-order valence-corrected chi connectivity index (χ4v) is 5.28. The molecule has 0 spiro atoms. The van der Waals surface area contributed by atoms with Gasteiger partial charge in [-0.15, -0.1) is 5.10 Å². The smallest absolute Gasteiger partial charge is 0.291 e. The van der Waals surface area contributed by atoms with Crippen LogP contribution in [0.15, 0.2) is 88.5 Å². The van der Waals surface area contributed by atoms with Gasteiger partial charge in [-0.3, -0.25) is 9.78 Å². The number of fused-ring (bicyclic) bond motifs is 1. The molecule has 0 saturated heterocycles. The Morgan fingerprint density at radius 3 is 2.61 bits per heavy atom. The van der Waals surface area contributed by atoms with E-state index >= 15 is 0 Å². The Kier molecular flexibility index (Phi) is 5.67. The molecule has 0 unspecified atom stereocenters. The molecule has 0 aliphatic carbocycles. The minimum Gasteiger partial charge on any atom is -0.496 e. The Labute approximate surface area is 217 Å². The zero-order valence-electron chi connectivity index (χ0n) is 18.9. The van der Waals surface area contributed by atoms with E-state index < -0.39 is 0 Å². The van der Waals surface area contributed by atoms with Crippen molar-refractivity contribution in [2.45, 2.75) is 0 Å². The van der Waals surface area contributed by atoms with Crippen LogP contribution in [0.1, 0.15) is 5.56 Å². The van der Waals surface area contributed by atoms with Gasteiger partial charge in [0.1, 0.15) is 11.4 Å². The highest BCUT2D eigenvalue weighted by Gasteiger charge is 2.16. The molecule has 6 aromatic rings. The van der Waals surface area contributed by atoms with E-state index in [1.54, 1.807) is 24.2 Å². The lowest BCUT2D eigenvalue weighted by molar-refractivity contribution is 0.412. The zero-order valence-corrected chi connectivity index (χ0v) is 21.3. The summed E-state index contributed by atoms with van der Waals surface area (Å²) in [6.45, 7) is 0. The van der Waals surface area contributed by atoms with Gasteiger partial charge in [0.05, 0.1) is 21.8 Å². The fraction of sp³-hybridized carbons (Fsp3) is 0.0385. The number of halogens is 1. The first-order valence-electron chi connectivity index (χ1n) is 10.9. The van der Waals surface area contributed by atoms with Gasteiger partial charge >= 0.3 is 0 Å². The number of hydrogen-bond donors (Lipinski definition) is 0. The van der Waals surface area contributed by atoms with Crippen LogP contribution in [0.2, 0.25) is 0 Å². The van der Waals surface area contributed by atoms with Gasteiger partial charge in [0.15, 0.2) is 5.82 Å². The van der Waals surface area contributed by atoms with Gasteiger partial charge in [0.2, 0.25) is 4.96 Å². The first-order valence-corrected chi connectivity index (χ1v) is 12.5. The van der Waals surface area contributed by atoms with Crippen LogP contribution in [0, 0.1) is 0 Å². The number of benzene rings is 2. The highest BCUT2D eigenvalue weighted by atomic mass is 79.9. The average molecular weight is 557 g/mol. The predicted molar refractivity (Wildman–Crippen MR) is 142 cm³/mol. The predicted octanol–water partition coefficient (Wildman–Crippen LogP) is 4.38. The van der Waals surface area contributed by atoms with Crippen molar-refractivity contribution in [3.8, 4) is 34.1 Å². The molecule has 4 heterocycles.